The van der Waals surface area contributed by atoms with Crippen LogP contribution in [0.2, 0.25) is 0 Å². The highest BCUT2D eigenvalue weighted by Gasteiger charge is 2.43. The normalized spacial score (nSPS) is 31.2. The van der Waals surface area contributed by atoms with Gasteiger partial charge in [-0.15, -0.1) is 0 Å². The zero-order valence-electron chi connectivity index (χ0n) is 9.41. The van der Waals surface area contributed by atoms with Gasteiger partial charge in [0, 0.05) is 30.4 Å². The van der Waals surface area contributed by atoms with E-state index >= 15 is 0 Å². The van der Waals surface area contributed by atoms with Crippen LogP contribution < -0.4 is 5.73 Å². The van der Waals surface area contributed by atoms with Crippen molar-refractivity contribution in [3.05, 3.63) is 0 Å². The van der Waals surface area contributed by atoms with Gasteiger partial charge in [-0.25, -0.2) is 0 Å². The highest BCUT2D eigenvalue weighted by atomic mass is 32.2. The van der Waals surface area contributed by atoms with Gasteiger partial charge in [-0.3, -0.25) is 0 Å². The lowest BCUT2D eigenvalue weighted by Gasteiger charge is -2.21. The van der Waals surface area contributed by atoms with Crippen LogP contribution in [-0.2, 0) is 9.47 Å². The van der Waals surface area contributed by atoms with Crippen molar-refractivity contribution in [3.8, 4) is 0 Å². The summed E-state index contributed by atoms with van der Waals surface area (Å²) >= 11 is 1.87. The molecule has 3 nitrogen and oxygen atoms in total. The smallest absolute Gasteiger partial charge is 0.168 e. The molecule has 88 valence electrons. The summed E-state index contributed by atoms with van der Waals surface area (Å²) in [6.07, 6.45) is 4.95. The first-order valence-corrected chi connectivity index (χ1v) is 7.01. The highest BCUT2D eigenvalue weighted by molar-refractivity contribution is 7.99. The molecule has 0 aromatic heterocycles. The average molecular weight is 231 g/mol. The van der Waals surface area contributed by atoms with E-state index in [9.17, 15) is 0 Å². The second-order valence-corrected chi connectivity index (χ2v) is 5.76. The Labute approximate surface area is 96.1 Å². The molecule has 0 bridgehead atoms. The number of ether oxygens (including phenoxy) is 2. The Morgan fingerprint density at radius 2 is 2.20 bits per heavy atom. The maximum Gasteiger partial charge on any atom is 0.168 e. The van der Waals surface area contributed by atoms with Gasteiger partial charge >= 0.3 is 0 Å². The third-order valence-electron chi connectivity index (χ3n) is 2.96. The zero-order chi connectivity index (χ0) is 10.7. The van der Waals surface area contributed by atoms with Crippen molar-refractivity contribution in [2.24, 2.45) is 5.73 Å². The summed E-state index contributed by atoms with van der Waals surface area (Å²) in [5.74, 6) is 1.83. The molecule has 1 saturated carbocycles. The minimum Gasteiger partial charge on any atom is -0.347 e. The SMILES string of the molecule is CC(N)CSCC1COC2(CCCC2)O1. The first-order valence-electron chi connectivity index (χ1n) is 5.85. The van der Waals surface area contributed by atoms with Gasteiger partial charge < -0.3 is 15.2 Å². The molecule has 2 atom stereocenters. The number of hydrogen-bond acceptors (Lipinski definition) is 4. The maximum absolute atomic E-state index is 6.01. The zero-order valence-corrected chi connectivity index (χ0v) is 10.2. The molecular formula is C11H21NO2S. The largest absolute Gasteiger partial charge is 0.347 e. The minimum absolute atomic E-state index is 0.195. The van der Waals surface area contributed by atoms with Crippen molar-refractivity contribution < 1.29 is 9.47 Å². The third kappa shape index (κ3) is 3.09. The summed E-state index contributed by atoms with van der Waals surface area (Å²) in [5.41, 5.74) is 5.70. The molecule has 2 fully saturated rings. The second kappa shape index (κ2) is 5.04. The van der Waals surface area contributed by atoms with Crippen molar-refractivity contribution >= 4 is 11.8 Å². The van der Waals surface area contributed by atoms with E-state index in [-0.39, 0.29) is 17.9 Å². The Balaban J connectivity index is 1.68. The van der Waals surface area contributed by atoms with Gasteiger partial charge in [-0.1, -0.05) is 0 Å². The summed E-state index contributed by atoms with van der Waals surface area (Å²) in [5, 5.41) is 0. The summed E-state index contributed by atoms with van der Waals surface area (Å²) in [4.78, 5) is 0. The van der Waals surface area contributed by atoms with Gasteiger partial charge in [0.2, 0.25) is 0 Å². The fourth-order valence-electron chi connectivity index (χ4n) is 2.26. The lowest BCUT2D eigenvalue weighted by atomic mass is 10.2. The van der Waals surface area contributed by atoms with Crippen molar-refractivity contribution in [2.75, 3.05) is 18.1 Å². The van der Waals surface area contributed by atoms with Crippen molar-refractivity contribution in [1.82, 2.24) is 0 Å². The first-order chi connectivity index (χ1) is 7.20. The fourth-order valence-corrected chi connectivity index (χ4v) is 3.20. The molecular weight excluding hydrogens is 210 g/mol. The lowest BCUT2D eigenvalue weighted by Crippen LogP contribution is -2.27. The molecule has 2 N–H and O–H groups in total. The van der Waals surface area contributed by atoms with E-state index in [0.29, 0.717) is 0 Å². The van der Waals surface area contributed by atoms with E-state index in [1.165, 1.54) is 12.8 Å². The Morgan fingerprint density at radius 3 is 2.87 bits per heavy atom. The molecule has 0 radical (unpaired) electrons. The standard InChI is InChI=1S/C11H21NO2S/c1-9(12)7-15-8-10-6-13-11(14-10)4-2-3-5-11/h9-10H,2-8,12H2,1H3. The van der Waals surface area contributed by atoms with E-state index in [2.05, 4.69) is 0 Å². The van der Waals surface area contributed by atoms with Crippen LogP contribution in [0.1, 0.15) is 32.6 Å². The van der Waals surface area contributed by atoms with Gasteiger partial charge in [0.15, 0.2) is 5.79 Å². The number of nitrogens with two attached hydrogens (primary N) is 1. The molecule has 4 heteroatoms. The summed E-state index contributed by atoms with van der Waals surface area (Å²) in [7, 11) is 0. The molecule has 0 amide bonds. The predicted molar refractivity (Wildman–Crippen MR) is 63.0 cm³/mol. The maximum atomic E-state index is 6.01. The van der Waals surface area contributed by atoms with Gasteiger partial charge in [0.05, 0.1) is 12.7 Å². The highest BCUT2D eigenvalue weighted by Crippen LogP contribution is 2.39. The summed E-state index contributed by atoms with van der Waals surface area (Å²) in [6, 6.07) is 0.276. The van der Waals surface area contributed by atoms with E-state index in [4.69, 9.17) is 15.2 Å². The second-order valence-electron chi connectivity index (χ2n) is 4.68. The summed E-state index contributed by atoms with van der Waals surface area (Å²) in [6.45, 7) is 2.81. The molecule has 1 aliphatic carbocycles. The molecule has 0 aromatic carbocycles. The van der Waals surface area contributed by atoms with Crippen LogP contribution in [0.25, 0.3) is 0 Å². The molecule has 2 aliphatic rings. The molecule has 1 heterocycles. The van der Waals surface area contributed by atoms with Crippen molar-refractivity contribution in [3.63, 3.8) is 0 Å². The molecule has 15 heavy (non-hydrogen) atoms. The molecule has 2 unspecified atom stereocenters. The van der Waals surface area contributed by atoms with Crippen LogP contribution >= 0.6 is 11.8 Å². The Morgan fingerprint density at radius 1 is 1.47 bits per heavy atom. The number of thioether (sulfide) groups is 1. The fraction of sp³-hybridized carbons (Fsp3) is 1.00. The molecule has 2 rings (SSSR count). The van der Waals surface area contributed by atoms with Crippen LogP contribution in [0.3, 0.4) is 0 Å². The molecule has 0 aromatic rings. The predicted octanol–water partition coefficient (Wildman–Crippen LogP) is 1.75. The number of rotatable bonds is 4. The molecule has 1 spiro atoms. The minimum atomic E-state index is -0.195. The van der Waals surface area contributed by atoms with E-state index in [1.807, 2.05) is 18.7 Å². The quantitative estimate of drug-likeness (QED) is 0.800. The van der Waals surface area contributed by atoms with E-state index < -0.39 is 0 Å². The van der Waals surface area contributed by atoms with Crippen LogP contribution in [0.5, 0.6) is 0 Å². The van der Waals surface area contributed by atoms with Gasteiger partial charge in [0.25, 0.3) is 0 Å². The Kier molecular flexibility index (Phi) is 3.93. The van der Waals surface area contributed by atoms with Crippen LogP contribution in [0.15, 0.2) is 0 Å². The Hall–Kier alpha value is 0.230. The summed E-state index contributed by atoms with van der Waals surface area (Å²) < 4.78 is 11.8. The van der Waals surface area contributed by atoms with Crippen molar-refractivity contribution in [1.29, 1.82) is 0 Å². The topological polar surface area (TPSA) is 44.5 Å². The third-order valence-corrected chi connectivity index (χ3v) is 4.33. The average Bonchev–Trinajstić information content (AvgIpc) is 2.78. The van der Waals surface area contributed by atoms with Gasteiger partial charge in [-0.05, 0) is 19.8 Å². The van der Waals surface area contributed by atoms with Gasteiger partial charge in [0.1, 0.15) is 0 Å². The van der Waals surface area contributed by atoms with Crippen LogP contribution in [0.4, 0.5) is 0 Å². The lowest BCUT2D eigenvalue weighted by molar-refractivity contribution is -0.159. The van der Waals surface area contributed by atoms with Crippen molar-refractivity contribution in [2.45, 2.75) is 50.5 Å². The Bertz CT molecular complexity index is 205. The molecule has 1 saturated heterocycles. The van der Waals surface area contributed by atoms with Gasteiger partial charge in [-0.2, -0.15) is 11.8 Å². The first kappa shape index (κ1) is 11.7. The van der Waals surface area contributed by atoms with Crippen LogP contribution in [0, 0.1) is 0 Å². The van der Waals surface area contributed by atoms with Crippen LogP contribution in [-0.4, -0.2) is 36.0 Å². The monoisotopic (exact) mass is 231 g/mol. The van der Waals surface area contributed by atoms with E-state index in [1.54, 1.807) is 0 Å². The molecule has 1 aliphatic heterocycles. The van der Waals surface area contributed by atoms with E-state index in [0.717, 1.165) is 31.0 Å². The number of hydrogen-bond donors (Lipinski definition) is 1.